The van der Waals surface area contributed by atoms with Crippen molar-refractivity contribution in [2.24, 2.45) is 0 Å². The molecule has 152 valence electrons. The molecule has 5 heteroatoms. The Hall–Kier alpha value is -2.27. The minimum absolute atomic E-state index is 0.152. The van der Waals surface area contributed by atoms with Gasteiger partial charge in [-0.25, -0.2) is 13.8 Å². The van der Waals surface area contributed by atoms with Crippen molar-refractivity contribution in [2.75, 3.05) is 13.1 Å². The molecule has 0 N–H and O–H groups in total. The standard InChI is InChI=1S/C24H27F2N3/c1-16-4-2-6-19-13-21(26)14-22-24(19)29(16)23(27-22)15-28-10-8-17(9-11-28)18-5-3-7-20(25)12-18/h3,5,7,12-14,16-17H,2,4,6,8-11,15H2,1H3. The highest BCUT2D eigenvalue weighted by Crippen LogP contribution is 2.34. The second-order valence-corrected chi connectivity index (χ2v) is 8.68. The number of aromatic nitrogens is 2. The zero-order valence-electron chi connectivity index (χ0n) is 16.9. The van der Waals surface area contributed by atoms with Gasteiger partial charge in [-0.1, -0.05) is 12.1 Å². The molecule has 1 saturated heterocycles. The maximum atomic E-state index is 14.1. The van der Waals surface area contributed by atoms with E-state index in [2.05, 4.69) is 16.4 Å². The van der Waals surface area contributed by atoms with Gasteiger partial charge in [0.2, 0.25) is 0 Å². The van der Waals surface area contributed by atoms with Crippen molar-refractivity contribution < 1.29 is 8.78 Å². The smallest absolute Gasteiger partial charge is 0.125 e. The summed E-state index contributed by atoms with van der Waals surface area (Å²) in [6, 6.07) is 10.7. The molecule has 0 bridgehead atoms. The number of benzene rings is 2. The van der Waals surface area contributed by atoms with Crippen LogP contribution in [0.2, 0.25) is 0 Å². The molecule has 0 aliphatic carbocycles. The summed E-state index contributed by atoms with van der Waals surface area (Å²) in [6.07, 6.45) is 5.15. The van der Waals surface area contributed by atoms with Crippen LogP contribution in [-0.4, -0.2) is 27.5 Å². The number of hydrogen-bond acceptors (Lipinski definition) is 2. The first-order valence-corrected chi connectivity index (χ1v) is 10.8. The van der Waals surface area contributed by atoms with Gasteiger partial charge in [-0.2, -0.15) is 0 Å². The van der Waals surface area contributed by atoms with Gasteiger partial charge in [-0.3, -0.25) is 4.90 Å². The molecule has 0 spiro atoms. The van der Waals surface area contributed by atoms with Crippen molar-refractivity contribution >= 4 is 11.0 Å². The van der Waals surface area contributed by atoms with E-state index in [0.717, 1.165) is 79.7 Å². The number of hydrogen-bond donors (Lipinski definition) is 0. The monoisotopic (exact) mass is 395 g/mol. The molecule has 2 aliphatic rings. The summed E-state index contributed by atoms with van der Waals surface area (Å²) in [7, 11) is 0. The quantitative estimate of drug-likeness (QED) is 0.576. The minimum Gasteiger partial charge on any atom is -0.324 e. The van der Waals surface area contributed by atoms with Crippen molar-refractivity contribution in [3.63, 3.8) is 0 Å². The van der Waals surface area contributed by atoms with Crippen molar-refractivity contribution in [2.45, 2.75) is 57.5 Å². The summed E-state index contributed by atoms with van der Waals surface area (Å²) >= 11 is 0. The van der Waals surface area contributed by atoms with Crippen LogP contribution in [0, 0.1) is 11.6 Å². The third-order valence-electron chi connectivity index (χ3n) is 6.68. The zero-order valence-corrected chi connectivity index (χ0v) is 16.9. The number of likely N-dealkylation sites (tertiary alicyclic amines) is 1. The van der Waals surface area contributed by atoms with Crippen LogP contribution in [0.4, 0.5) is 8.78 Å². The second-order valence-electron chi connectivity index (χ2n) is 8.68. The van der Waals surface area contributed by atoms with Crippen LogP contribution in [0.3, 0.4) is 0 Å². The molecule has 0 radical (unpaired) electrons. The first kappa shape index (κ1) is 18.7. The molecule has 0 saturated carbocycles. The SMILES string of the molecule is CC1CCCc2cc(F)cc3nc(CN4CCC(c5cccc(F)c5)CC4)n1c23. The number of nitrogens with zero attached hydrogens (tertiary/aromatic N) is 3. The van der Waals surface area contributed by atoms with E-state index >= 15 is 0 Å². The van der Waals surface area contributed by atoms with Crippen molar-refractivity contribution in [1.82, 2.24) is 14.5 Å². The third-order valence-corrected chi connectivity index (χ3v) is 6.68. The van der Waals surface area contributed by atoms with Crippen molar-refractivity contribution in [3.8, 4) is 0 Å². The second kappa shape index (κ2) is 7.52. The van der Waals surface area contributed by atoms with Gasteiger partial charge >= 0.3 is 0 Å². The molecule has 1 aromatic heterocycles. The highest BCUT2D eigenvalue weighted by Gasteiger charge is 2.26. The van der Waals surface area contributed by atoms with Crippen LogP contribution in [0.25, 0.3) is 11.0 Å². The molecule has 1 fully saturated rings. The van der Waals surface area contributed by atoms with E-state index < -0.39 is 0 Å². The Balaban J connectivity index is 1.37. The molecule has 5 rings (SSSR count). The summed E-state index contributed by atoms with van der Waals surface area (Å²) in [5.74, 6) is 1.13. The average molecular weight is 395 g/mol. The van der Waals surface area contributed by atoms with Crippen LogP contribution in [-0.2, 0) is 13.0 Å². The van der Waals surface area contributed by atoms with E-state index in [0.29, 0.717) is 12.0 Å². The molecule has 3 aromatic rings. The third kappa shape index (κ3) is 3.57. The van der Waals surface area contributed by atoms with E-state index in [1.165, 1.54) is 6.07 Å². The Kier molecular flexibility index (Phi) is 4.86. The topological polar surface area (TPSA) is 21.1 Å². The first-order valence-electron chi connectivity index (χ1n) is 10.8. The van der Waals surface area contributed by atoms with E-state index in [1.807, 2.05) is 6.07 Å². The van der Waals surface area contributed by atoms with Gasteiger partial charge < -0.3 is 4.57 Å². The molecule has 2 aromatic carbocycles. The Bertz CT molecular complexity index is 1030. The number of halogens is 2. The largest absolute Gasteiger partial charge is 0.324 e. The van der Waals surface area contributed by atoms with Gasteiger partial charge in [0.1, 0.15) is 17.5 Å². The van der Waals surface area contributed by atoms with Gasteiger partial charge in [-0.15, -0.1) is 0 Å². The lowest BCUT2D eigenvalue weighted by Crippen LogP contribution is -2.33. The maximum Gasteiger partial charge on any atom is 0.125 e. The van der Waals surface area contributed by atoms with Crippen molar-refractivity contribution in [3.05, 3.63) is 65.0 Å². The minimum atomic E-state index is -0.186. The number of aryl methyl sites for hydroxylation is 1. The Morgan fingerprint density at radius 1 is 1.03 bits per heavy atom. The lowest BCUT2D eigenvalue weighted by molar-refractivity contribution is 0.196. The van der Waals surface area contributed by atoms with Crippen LogP contribution >= 0.6 is 0 Å². The van der Waals surface area contributed by atoms with Crippen LogP contribution in [0.1, 0.15) is 61.5 Å². The molecule has 3 nitrogen and oxygen atoms in total. The summed E-state index contributed by atoms with van der Waals surface area (Å²) in [5.41, 5.74) is 4.11. The summed E-state index contributed by atoms with van der Waals surface area (Å²) in [4.78, 5) is 7.29. The molecular formula is C24H27F2N3. The zero-order chi connectivity index (χ0) is 20.0. The fourth-order valence-electron chi connectivity index (χ4n) is 5.20. The van der Waals surface area contributed by atoms with Crippen molar-refractivity contribution in [1.29, 1.82) is 0 Å². The summed E-state index contributed by atoms with van der Waals surface area (Å²) in [5, 5.41) is 0. The first-order chi connectivity index (χ1) is 14.1. The van der Waals surface area contributed by atoms with Crippen LogP contribution in [0.5, 0.6) is 0 Å². The van der Waals surface area contributed by atoms with E-state index in [9.17, 15) is 8.78 Å². The van der Waals surface area contributed by atoms with E-state index in [-0.39, 0.29) is 11.6 Å². The summed E-state index contributed by atoms with van der Waals surface area (Å²) in [6.45, 7) is 4.98. The Morgan fingerprint density at radius 3 is 2.66 bits per heavy atom. The molecule has 29 heavy (non-hydrogen) atoms. The maximum absolute atomic E-state index is 14.1. The fraction of sp³-hybridized carbons (Fsp3) is 0.458. The normalized spacial score (nSPS) is 20.9. The highest BCUT2D eigenvalue weighted by atomic mass is 19.1. The Labute approximate surface area is 170 Å². The van der Waals surface area contributed by atoms with Gasteiger partial charge in [0.25, 0.3) is 0 Å². The molecule has 0 amide bonds. The lowest BCUT2D eigenvalue weighted by atomic mass is 9.89. The average Bonchev–Trinajstić information content (AvgIpc) is 2.96. The van der Waals surface area contributed by atoms with Crippen LogP contribution in [0.15, 0.2) is 36.4 Å². The molecular weight excluding hydrogens is 368 g/mol. The molecule has 1 atom stereocenters. The predicted octanol–water partition coefficient (Wildman–Crippen LogP) is 5.59. The Morgan fingerprint density at radius 2 is 1.86 bits per heavy atom. The number of imidazole rings is 1. The van der Waals surface area contributed by atoms with Gasteiger partial charge in [0.15, 0.2) is 0 Å². The van der Waals surface area contributed by atoms with E-state index in [1.54, 1.807) is 24.3 Å². The lowest BCUT2D eigenvalue weighted by Gasteiger charge is -2.32. The number of rotatable bonds is 3. The van der Waals surface area contributed by atoms with Gasteiger partial charge in [0, 0.05) is 12.1 Å². The molecule has 1 unspecified atom stereocenters. The highest BCUT2D eigenvalue weighted by molar-refractivity contribution is 5.80. The number of piperidine rings is 1. The van der Waals surface area contributed by atoms with Gasteiger partial charge in [0.05, 0.1) is 17.6 Å². The molecule has 3 heterocycles. The van der Waals surface area contributed by atoms with Gasteiger partial charge in [-0.05, 0) is 87.4 Å². The summed E-state index contributed by atoms with van der Waals surface area (Å²) < 4.78 is 30.0. The van der Waals surface area contributed by atoms with E-state index in [4.69, 9.17) is 4.98 Å². The predicted molar refractivity (Wildman–Crippen MR) is 111 cm³/mol. The molecule has 2 aliphatic heterocycles. The fourth-order valence-corrected chi connectivity index (χ4v) is 5.20. The van der Waals surface area contributed by atoms with Crippen LogP contribution < -0.4 is 0 Å².